The Balaban J connectivity index is 2.27. The second-order valence-electron chi connectivity index (χ2n) is 7.98. The number of carbonyl (C=O) groups is 2. The van der Waals surface area contributed by atoms with Gasteiger partial charge in [0.1, 0.15) is 6.04 Å². The van der Waals surface area contributed by atoms with Crippen molar-refractivity contribution < 1.29 is 9.59 Å². The average Bonchev–Trinajstić information content (AvgIpc) is 2.61. The number of nitrogens with zero attached hydrogens (tertiary/aromatic N) is 1. The second kappa shape index (κ2) is 9.84. The summed E-state index contributed by atoms with van der Waals surface area (Å²) in [5.41, 5.74) is 1.13. The summed E-state index contributed by atoms with van der Waals surface area (Å²) in [5, 5.41) is 4.47. The minimum atomic E-state index is -0.663. The van der Waals surface area contributed by atoms with E-state index in [9.17, 15) is 9.59 Å². The molecule has 2 aromatic carbocycles. The lowest BCUT2D eigenvalue weighted by atomic mass is 10.1. The molecule has 0 aliphatic carbocycles. The van der Waals surface area contributed by atoms with Crippen LogP contribution in [0.25, 0.3) is 0 Å². The van der Waals surface area contributed by atoms with Crippen LogP contribution in [0.15, 0.2) is 42.5 Å². The maximum absolute atomic E-state index is 13.2. The van der Waals surface area contributed by atoms with Gasteiger partial charge in [-0.25, -0.2) is 0 Å². The van der Waals surface area contributed by atoms with E-state index in [1.807, 2.05) is 32.9 Å². The molecule has 0 heterocycles. The summed E-state index contributed by atoms with van der Waals surface area (Å²) >= 11 is 18.1. The molecule has 2 amide bonds. The molecule has 0 bridgehead atoms. The second-order valence-corrected chi connectivity index (χ2v) is 9.26. The van der Waals surface area contributed by atoms with Crippen LogP contribution in [0.4, 0.5) is 0 Å². The summed E-state index contributed by atoms with van der Waals surface area (Å²) < 4.78 is 0. The quantitative estimate of drug-likeness (QED) is 0.623. The van der Waals surface area contributed by atoms with Crippen LogP contribution in [-0.2, 0) is 22.6 Å². The van der Waals surface area contributed by atoms with E-state index in [4.69, 9.17) is 34.8 Å². The Morgan fingerprint density at radius 1 is 1.00 bits per heavy atom. The van der Waals surface area contributed by atoms with Crippen molar-refractivity contribution in [3.8, 4) is 0 Å². The van der Waals surface area contributed by atoms with Gasteiger partial charge in [-0.3, -0.25) is 9.59 Å². The van der Waals surface area contributed by atoms with Crippen molar-refractivity contribution in [2.75, 3.05) is 0 Å². The highest BCUT2D eigenvalue weighted by Crippen LogP contribution is 2.23. The molecule has 29 heavy (non-hydrogen) atoms. The first-order chi connectivity index (χ1) is 13.5. The molecule has 0 fully saturated rings. The first-order valence-corrected chi connectivity index (χ1v) is 10.4. The minimum absolute atomic E-state index is 0.0662. The molecule has 0 spiro atoms. The number of nitrogens with one attached hydrogen (secondary N) is 1. The number of benzene rings is 2. The fourth-order valence-electron chi connectivity index (χ4n) is 2.77. The van der Waals surface area contributed by atoms with E-state index in [0.29, 0.717) is 20.6 Å². The highest BCUT2D eigenvalue weighted by molar-refractivity contribution is 6.35. The molecule has 1 atom stereocenters. The van der Waals surface area contributed by atoms with Gasteiger partial charge >= 0.3 is 0 Å². The maximum atomic E-state index is 13.2. The zero-order valence-electron chi connectivity index (χ0n) is 16.9. The molecule has 2 rings (SSSR count). The molecule has 2 aromatic rings. The van der Waals surface area contributed by atoms with Crippen LogP contribution in [0.3, 0.4) is 0 Å². The standard InChI is InChI=1S/C22H25Cl3N2O2/c1-14(21(29)26-22(2,3)4)27(13-15-5-8-17(23)9-6-15)20(28)11-16-7-10-18(24)12-19(16)25/h5-10,12,14H,11,13H2,1-4H3,(H,26,29)/t14-/m1/s1. The van der Waals surface area contributed by atoms with Crippen molar-refractivity contribution in [1.82, 2.24) is 10.2 Å². The number of carbonyl (C=O) groups excluding carboxylic acids is 2. The Morgan fingerprint density at radius 2 is 1.59 bits per heavy atom. The SMILES string of the molecule is C[C@H](C(=O)NC(C)(C)C)N(Cc1ccc(Cl)cc1)C(=O)Cc1ccc(Cl)cc1Cl. The molecule has 0 aliphatic rings. The summed E-state index contributed by atoms with van der Waals surface area (Å²) in [7, 11) is 0. The largest absolute Gasteiger partial charge is 0.350 e. The highest BCUT2D eigenvalue weighted by atomic mass is 35.5. The van der Waals surface area contributed by atoms with Crippen LogP contribution in [0, 0.1) is 0 Å². The Kier molecular flexibility index (Phi) is 7.98. The molecular weight excluding hydrogens is 431 g/mol. The van der Waals surface area contributed by atoms with Crippen molar-refractivity contribution in [1.29, 1.82) is 0 Å². The molecular formula is C22H25Cl3N2O2. The number of halogens is 3. The summed E-state index contributed by atoms with van der Waals surface area (Å²) in [6, 6.07) is 11.6. The van der Waals surface area contributed by atoms with E-state index in [1.54, 1.807) is 42.2 Å². The van der Waals surface area contributed by atoms with E-state index >= 15 is 0 Å². The Labute approximate surface area is 187 Å². The van der Waals surface area contributed by atoms with Crippen LogP contribution in [0.2, 0.25) is 15.1 Å². The van der Waals surface area contributed by atoms with Crippen LogP contribution < -0.4 is 5.32 Å². The van der Waals surface area contributed by atoms with E-state index in [1.165, 1.54) is 0 Å². The molecule has 0 unspecified atom stereocenters. The highest BCUT2D eigenvalue weighted by Gasteiger charge is 2.28. The fraction of sp³-hybridized carbons (Fsp3) is 0.364. The summed E-state index contributed by atoms with van der Waals surface area (Å²) in [6.07, 6.45) is 0.0662. The molecule has 7 heteroatoms. The Bertz CT molecular complexity index is 877. The monoisotopic (exact) mass is 454 g/mol. The topological polar surface area (TPSA) is 49.4 Å². The molecule has 0 saturated heterocycles. The zero-order chi connectivity index (χ0) is 21.8. The van der Waals surface area contributed by atoms with Crippen molar-refractivity contribution >= 4 is 46.6 Å². The zero-order valence-corrected chi connectivity index (χ0v) is 19.2. The van der Waals surface area contributed by atoms with E-state index in [-0.39, 0.29) is 24.8 Å². The Hall–Kier alpha value is -1.75. The van der Waals surface area contributed by atoms with Crippen LogP contribution in [-0.4, -0.2) is 28.3 Å². The number of rotatable bonds is 6. The van der Waals surface area contributed by atoms with Gasteiger partial charge in [-0.05, 0) is 63.1 Å². The number of hydrogen-bond donors (Lipinski definition) is 1. The maximum Gasteiger partial charge on any atom is 0.242 e. The van der Waals surface area contributed by atoms with Crippen molar-refractivity contribution in [3.63, 3.8) is 0 Å². The first kappa shape index (κ1) is 23.5. The minimum Gasteiger partial charge on any atom is -0.350 e. The van der Waals surface area contributed by atoms with Crippen molar-refractivity contribution in [2.45, 2.75) is 52.2 Å². The van der Waals surface area contributed by atoms with Crippen molar-refractivity contribution in [3.05, 3.63) is 68.7 Å². The van der Waals surface area contributed by atoms with E-state index in [2.05, 4.69) is 5.32 Å². The van der Waals surface area contributed by atoms with Gasteiger partial charge in [-0.15, -0.1) is 0 Å². The normalized spacial score (nSPS) is 12.4. The van der Waals surface area contributed by atoms with E-state index in [0.717, 1.165) is 5.56 Å². The van der Waals surface area contributed by atoms with Gasteiger partial charge in [0.15, 0.2) is 0 Å². The molecule has 156 valence electrons. The third-order valence-corrected chi connectivity index (χ3v) is 5.13. The van der Waals surface area contributed by atoms with Gasteiger partial charge in [0.2, 0.25) is 11.8 Å². The number of hydrogen-bond acceptors (Lipinski definition) is 2. The van der Waals surface area contributed by atoms with Gasteiger partial charge in [-0.1, -0.05) is 53.0 Å². The van der Waals surface area contributed by atoms with Crippen LogP contribution in [0.5, 0.6) is 0 Å². The molecule has 4 nitrogen and oxygen atoms in total. The fourth-order valence-corrected chi connectivity index (χ4v) is 3.37. The van der Waals surface area contributed by atoms with Crippen molar-refractivity contribution in [2.24, 2.45) is 0 Å². The average molecular weight is 456 g/mol. The van der Waals surface area contributed by atoms with Gasteiger partial charge in [-0.2, -0.15) is 0 Å². The third kappa shape index (κ3) is 7.22. The summed E-state index contributed by atoms with van der Waals surface area (Å²) in [5.74, 6) is -0.428. The van der Waals surface area contributed by atoms with E-state index < -0.39 is 11.6 Å². The number of amides is 2. The summed E-state index contributed by atoms with van der Waals surface area (Å²) in [6.45, 7) is 7.70. The van der Waals surface area contributed by atoms with Crippen LogP contribution in [0.1, 0.15) is 38.8 Å². The van der Waals surface area contributed by atoms with Crippen LogP contribution >= 0.6 is 34.8 Å². The van der Waals surface area contributed by atoms with Gasteiger partial charge < -0.3 is 10.2 Å². The lowest BCUT2D eigenvalue weighted by Gasteiger charge is -2.31. The molecule has 1 N–H and O–H groups in total. The molecule has 0 saturated carbocycles. The van der Waals surface area contributed by atoms with Gasteiger partial charge in [0.25, 0.3) is 0 Å². The first-order valence-electron chi connectivity index (χ1n) is 9.26. The predicted molar refractivity (Wildman–Crippen MR) is 120 cm³/mol. The Morgan fingerprint density at radius 3 is 2.14 bits per heavy atom. The lowest BCUT2D eigenvalue weighted by molar-refractivity contribution is -0.140. The summed E-state index contributed by atoms with van der Waals surface area (Å²) in [4.78, 5) is 27.5. The molecule has 0 aliphatic heterocycles. The van der Waals surface area contributed by atoms with Gasteiger partial charge in [0, 0.05) is 27.2 Å². The smallest absolute Gasteiger partial charge is 0.242 e. The predicted octanol–water partition coefficient (Wildman–Crippen LogP) is 5.52. The van der Waals surface area contributed by atoms with Gasteiger partial charge in [0.05, 0.1) is 6.42 Å². The lowest BCUT2D eigenvalue weighted by Crippen LogP contribution is -2.52. The molecule has 0 aromatic heterocycles. The molecule has 0 radical (unpaired) electrons. The third-order valence-electron chi connectivity index (χ3n) is 4.29.